The molecule has 0 saturated heterocycles. The number of amides is 1. The predicted molar refractivity (Wildman–Crippen MR) is 112 cm³/mol. The zero-order valence-corrected chi connectivity index (χ0v) is 16.3. The summed E-state index contributed by atoms with van der Waals surface area (Å²) in [6.45, 7) is 2.07. The van der Waals surface area contributed by atoms with E-state index in [-0.39, 0.29) is 17.4 Å². The summed E-state index contributed by atoms with van der Waals surface area (Å²) in [4.78, 5) is 32.4. The number of ketones is 1. The Labute approximate surface area is 169 Å². The summed E-state index contributed by atoms with van der Waals surface area (Å²) >= 11 is 0. The molecule has 0 saturated carbocycles. The van der Waals surface area contributed by atoms with Crippen molar-refractivity contribution in [2.45, 2.75) is 13.3 Å². The van der Waals surface area contributed by atoms with E-state index in [0.717, 1.165) is 17.7 Å². The molecule has 2 aromatic carbocycles. The van der Waals surface area contributed by atoms with Gasteiger partial charge in [-0.1, -0.05) is 30.3 Å². The van der Waals surface area contributed by atoms with Crippen molar-refractivity contribution in [1.82, 2.24) is 9.97 Å². The molecule has 1 aromatic heterocycles. The van der Waals surface area contributed by atoms with Crippen LogP contribution in [0.1, 0.15) is 33.3 Å². The lowest BCUT2D eigenvalue weighted by atomic mass is 10.1. The summed E-state index contributed by atoms with van der Waals surface area (Å²) in [5.74, 6) is 0.756. The van der Waals surface area contributed by atoms with E-state index in [1.54, 1.807) is 31.4 Å². The average Bonchev–Trinajstić information content (AvgIpc) is 2.74. The molecule has 1 heterocycles. The van der Waals surface area contributed by atoms with Crippen molar-refractivity contribution >= 4 is 23.3 Å². The van der Waals surface area contributed by atoms with E-state index in [0.29, 0.717) is 23.7 Å². The Balaban J connectivity index is 1.62. The van der Waals surface area contributed by atoms with Gasteiger partial charge in [-0.05, 0) is 43.2 Å². The number of hydrogen-bond donors (Lipinski definition) is 2. The first kappa shape index (κ1) is 20.0. The predicted octanol–water partition coefficient (Wildman–Crippen LogP) is 3.59. The lowest BCUT2D eigenvalue weighted by Gasteiger charge is -2.10. The first-order valence-electron chi connectivity index (χ1n) is 9.18. The topological polar surface area (TPSA) is 93.2 Å². The number of ether oxygens (including phenoxy) is 1. The Kier molecular flexibility index (Phi) is 6.52. The van der Waals surface area contributed by atoms with Gasteiger partial charge in [-0.3, -0.25) is 9.59 Å². The number of hydrogen-bond acceptors (Lipinski definition) is 6. The molecule has 0 spiro atoms. The lowest BCUT2D eigenvalue weighted by Crippen LogP contribution is -2.16. The Morgan fingerprint density at radius 2 is 1.90 bits per heavy atom. The molecule has 1 amide bonds. The van der Waals surface area contributed by atoms with Gasteiger partial charge in [-0.25, -0.2) is 9.97 Å². The fourth-order valence-corrected chi connectivity index (χ4v) is 2.80. The SMILES string of the molecule is COc1ccccc1CCNc1nccc(C(=O)Nc2cccc(C(C)=O)c2)n1. The number of nitrogens with zero attached hydrogens (tertiary/aromatic N) is 2. The first-order valence-corrected chi connectivity index (χ1v) is 9.18. The molecular weight excluding hydrogens is 368 g/mol. The molecule has 0 aliphatic carbocycles. The third-order valence-corrected chi connectivity index (χ3v) is 4.29. The minimum Gasteiger partial charge on any atom is -0.496 e. The van der Waals surface area contributed by atoms with Crippen molar-refractivity contribution in [3.05, 3.63) is 77.6 Å². The highest BCUT2D eigenvalue weighted by molar-refractivity contribution is 6.04. The van der Waals surface area contributed by atoms with Gasteiger partial charge >= 0.3 is 0 Å². The van der Waals surface area contributed by atoms with Gasteiger partial charge in [-0.15, -0.1) is 0 Å². The Morgan fingerprint density at radius 3 is 2.69 bits per heavy atom. The van der Waals surface area contributed by atoms with Gasteiger partial charge in [0.2, 0.25) is 5.95 Å². The number of carbonyl (C=O) groups excluding carboxylic acids is 2. The van der Waals surface area contributed by atoms with Crippen molar-refractivity contribution in [3.8, 4) is 5.75 Å². The largest absolute Gasteiger partial charge is 0.496 e. The zero-order chi connectivity index (χ0) is 20.6. The van der Waals surface area contributed by atoms with Gasteiger partial charge in [0.1, 0.15) is 11.4 Å². The van der Waals surface area contributed by atoms with E-state index < -0.39 is 0 Å². The van der Waals surface area contributed by atoms with Gasteiger partial charge in [-0.2, -0.15) is 0 Å². The number of carbonyl (C=O) groups is 2. The summed E-state index contributed by atoms with van der Waals surface area (Å²) in [5.41, 5.74) is 2.37. The van der Waals surface area contributed by atoms with Gasteiger partial charge in [0, 0.05) is 24.0 Å². The van der Waals surface area contributed by atoms with E-state index in [1.165, 1.54) is 19.2 Å². The number of methoxy groups -OCH3 is 1. The zero-order valence-electron chi connectivity index (χ0n) is 16.3. The molecule has 29 heavy (non-hydrogen) atoms. The molecule has 0 atom stereocenters. The van der Waals surface area contributed by atoms with Crippen molar-refractivity contribution in [1.29, 1.82) is 0 Å². The van der Waals surface area contributed by atoms with E-state index in [2.05, 4.69) is 20.6 Å². The van der Waals surface area contributed by atoms with Crippen LogP contribution in [0.25, 0.3) is 0 Å². The van der Waals surface area contributed by atoms with E-state index >= 15 is 0 Å². The molecule has 7 nitrogen and oxygen atoms in total. The molecule has 0 unspecified atom stereocenters. The van der Waals surface area contributed by atoms with Crippen molar-refractivity contribution < 1.29 is 14.3 Å². The van der Waals surface area contributed by atoms with E-state index in [1.807, 2.05) is 24.3 Å². The number of para-hydroxylation sites is 1. The van der Waals surface area contributed by atoms with E-state index in [9.17, 15) is 9.59 Å². The summed E-state index contributed by atoms with van der Waals surface area (Å²) in [5, 5.41) is 5.88. The van der Waals surface area contributed by atoms with Gasteiger partial charge in [0.25, 0.3) is 5.91 Å². The number of anilines is 2. The van der Waals surface area contributed by atoms with E-state index in [4.69, 9.17) is 4.74 Å². The fourth-order valence-electron chi connectivity index (χ4n) is 2.80. The highest BCUT2D eigenvalue weighted by Crippen LogP contribution is 2.18. The number of aromatic nitrogens is 2. The van der Waals surface area contributed by atoms with Crippen LogP contribution in [0.3, 0.4) is 0 Å². The van der Waals surface area contributed by atoms with Crippen LogP contribution in [0.15, 0.2) is 60.8 Å². The molecule has 3 rings (SSSR count). The third-order valence-electron chi connectivity index (χ3n) is 4.29. The molecular formula is C22H22N4O3. The Morgan fingerprint density at radius 1 is 1.07 bits per heavy atom. The maximum Gasteiger partial charge on any atom is 0.274 e. The second kappa shape index (κ2) is 9.45. The highest BCUT2D eigenvalue weighted by atomic mass is 16.5. The summed E-state index contributed by atoms with van der Waals surface area (Å²) in [6, 6.07) is 16.1. The summed E-state index contributed by atoms with van der Waals surface area (Å²) in [6.07, 6.45) is 2.25. The van der Waals surface area contributed by atoms with Gasteiger partial charge < -0.3 is 15.4 Å². The van der Waals surface area contributed by atoms with Crippen LogP contribution < -0.4 is 15.4 Å². The maximum absolute atomic E-state index is 12.5. The van der Waals surface area contributed by atoms with Crippen LogP contribution in [-0.2, 0) is 6.42 Å². The van der Waals surface area contributed by atoms with Crippen LogP contribution in [0, 0.1) is 0 Å². The van der Waals surface area contributed by atoms with Gasteiger partial charge in [0.05, 0.1) is 7.11 Å². The molecule has 0 fully saturated rings. The van der Waals surface area contributed by atoms with Crippen molar-refractivity contribution in [2.24, 2.45) is 0 Å². The van der Waals surface area contributed by atoms with Crippen LogP contribution in [0.2, 0.25) is 0 Å². The molecule has 148 valence electrons. The van der Waals surface area contributed by atoms with Crippen molar-refractivity contribution in [2.75, 3.05) is 24.3 Å². The van der Waals surface area contributed by atoms with Crippen LogP contribution >= 0.6 is 0 Å². The maximum atomic E-state index is 12.5. The Bertz CT molecular complexity index is 1020. The fraction of sp³-hybridized carbons (Fsp3) is 0.182. The van der Waals surface area contributed by atoms with Crippen LogP contribution in [0.4, 0.5) is 11.6 Å². The minimum absolute atomic E-state index is 0.0651. The number of nitrogens with one attached hydrogen (secondary N) is 2. The molecule has 7 heteroatoms. The first-order chi connectivity index (χ1) is 14.1. The Hall–Kier alpha value is -3.74. The smallest absolute Gasteiger partial charge is 0.274 e. The van der Waals surface area contributed by atoms with Crippen LogP contribution in [0.5, 0.6) is 5.75 Å². The standard InChI is InChI=1S/C22H22N4O3/c1-15(27)17-7-5-8-18(14-17)25-21(28)19-11-13-24-22(26-19)23-12-10-16-6-3-4-9-20(16)29-2/h3-9,11,13-14H,10,12H2,1-2H3,(H,25,28)(H,23,24,26). The second-order valence-corrected chi connectivity index (χ2v) is 6.35. The number of Topliss-reactive ketones (excluding diaryl/α,β-unsaturated/α-hetero) is 1. The monoisotopic (exact) mass is 390 g/mol. The molecule has 0 aliphatic heterocycles. The van der Waals surface area contributed by atoms with Crippen LogP contribution in [-0.4, -0.2) is 35.3 Å². The molecule has 3 aromatic rings. The number of benzene rings is 2. The highest BCUT2D eigenvalue weighted by Gasteiger charge is 2.10. The average molecular weight is 390 g/mol. The second-order valence-electron chi connectivity index (χ2n) is 6.35. The summed E-state index contributed by atoms with van der Waals surface area (Å²) in [7, 11) is 1.64. The molecule has 2 N–H and O–H groups in total. The quantitative estimate of drug-likeness (QED) is 0.571. The third kappa shape index (κ3) is 5.38. The normalized spacial score (nSPS) is 10.3. The van der Waals surface area contributed by atoms with Crippen molar-refractivity contribution in [3.63, 3.8) is 0 Å². The number of rotatable bonds is 8. The molecule has 0 radical (unpaired) electrons. The lowest BCUT2D eigenvalue weighted by molar-refractivity contribution is 0.100. The minimum atomic E-state index is -0.374. The molecule has 0 bridgehead atoms. The summed E-state index contributed by atoms with van der Waals surface area (Å²) < 4.78 is 5.35. The molecule has 0 aliphatic rings. The van der Waals surface area contributed by atoms with Gasteiger partial charge in [0.15, 0.2) is 5.78 Å².